The predicted molar refractivity (Wildman–Crippen MR) is 73.7 cm³/mol. The molecule has 2 rings (SSSR count). The third-order valence-electron chi connectivity index (χ3n) is 2.99. The topological polar surface area (TPSA) is 66.4 Å². The Balaban J connectivity index is 2.04. The van der Waals surface area contributed by atoms with Crippen LogP contribution < -0.4 is 5.32 Å². The fraction of sp³-hybridized carbons (Fsp3) is 0.500. The zero-order valence-electron chi connectivity index (χ0n) is 9.81. The fourth-order valence-corrected chi connectivity index (χ4v) is 3.47. The Bertz CT molecular complexity index is 448. The lowest BCUT2D eigenvalue weighted by atomic mass is 10.2. The number of thiol groups is 1. The van der Waals surface area contributed by atoms with E-state index in [1.54, 1.807) is 0 Å². The molecule has 0 bridgehead atoms. The SMILES string of the molecule is O=C(NC(CCS)C(=O)O)c1cc2c(s1)CCC2. The Morgan fingerprint density at radius 3 is 2.89 bits per heavy atom. The van der Waals surface area contributed by atoms with Crippen LogP contribution >= 0.6 is 24.0 Å². The normalized spacial score (nSPS) is 15.2. The highest BCUT2D eigenvalue weighted by Crippen LogP contribution is 2.30. The zero-order chi connectivity index (χ0) is 13.1. The molecule has 1 aromatic heterocycles. The second-order valence-corrected chi connectivity index (χ2v) is 5.87. The molecule has 0 saturated carbocycles. The van der Waals surface area contributed by atoms with Crippen molar-refractivity contribution in [1.29, 1.82) is 0 Å². The van der Waals surface area contributed by atoms with Gasteiger partial charge in [0.15, 0.2) is 0 Å². The number of aliphatic carboxylic acids is 1. The van der Waals surface area contributed by atoms with Crippen LogP contribution in [0.3, 0.4) is 0 Å². The van der Waals surface area contributed by atoms with E-state index in [1.165, 1.54) is 21.8 Å². The lowest BCUT2D eigenvalue weighted by molar-refractivity contribution is -0.139. The molecule has 0 radical (unpaired) electrons. The Morgan fingerprint density at radius 2 is 2.28 bits per heavy atom. The van der Waals surface area contributed by atoms with Crippen molar-refractivity contribution in [2.75, 3.05) is 5.75 Å². The molecule has 1 amide bonds. The van der Waals surface area contributed by atoms with Crippen LogP contribution in [0.5, 0.6) is 0 Å². The smallest absolute Gasteiger partial charge is 0.326 e. The molecule has 0 aromatic carbocycles. The second kappa shape index (κ2) is 5.75. The van der Waals surface area contributed by atoms with Gasteiger partial charge in [-0.15, -0.1) is 11.3 Å². The van der Waals surface area contributed by atoms with Crippen LogP contribution in [-0.4, -0.2) is 28.8 Å². The number of carbonyl (C=O) groups excluding carboxylic acids is 1. The first kappa shape index (κ1) is 13.4. The van der Waals surface area contributed by atoms with Crippen LogP contribution in [0.1, 0.15) is 33.0 Å². The molecule has 1 aliphatic carbocycles. The minimum Gasteiger partial charge on any atom is -0.480 e. The number of nitrogens with one attached hydrogen (secondary N) is 1. The number of carboxylic acid groups (broad SMARTS) is 1. The molecule has 1 aromatic rings. The molecular weight excluding hydrogens is 270 g/mol. The van der Waals surface area contributed by atoms with Crippen molar-refractivity contribution >= 4 is 35.8 Å². The Hall–Kier alpha value is -1.01. The molecule has 1 unspecified atom stereocenters. The van der Waals surface area contributed by atoms with Gasteiger partial charge in [-0.25, -0.2) is 4.79 Å². The summed E-state index contributed by atoms with van der Waals surface area (Å²) in [7, 11) is 0. The van der Waals surface area contributed by atoms with Gasteiger partial charge < -0.3 is 10.4 Å². The summed E-state index contributed by atoms with van der Waals surface area (Å²) in [6.07, 6.45) is 3.54. The maximum absolute atomic E-state index is 12.0. The number of carbonyl (C=O) groups is 2. The van der Waals surface area contributed by atoms with Gasteiger partial charge in [0.2, 0.25) is 0 Å². The molecular formula is C12H15NO3S2. The quantitative estimate of drug-likeness (QED) is 0.722. The Kier molecular flexibility index (Phi) is 4.29. The number of hydrogen-bond donors (Lipinski definition) is 3. The largest absolute Gasteiger partial charge is 0.480 e. The summed E-state index contributed by atoms with van der Waals surface area (Å²) in [5, 5.41) is 11.5. The van der Waals surface area contributed by atoms with Crippen molar-refractivity contribution in [2.24, 2.45) is 0 Å². The molecule has 18 heavy (non-hydrogen) atoms. The summed E-state index contributed by atoms with van der Waals surface area (Å²) < 4.78 is 0. The van der Waals surface area contributed by atoms with Gasteiger partial charge in [0.05, 0.1) is 4.88 Å². The molecule has 0 fully saturated rings. The van der Waals surface area contributed by atoms with Crippen molar-refractivity contribution in [3.05, 3.63) is 21.4 Å². The summed E-state index contributed by atoms with van der Waals surface area (Å²) in [5.74, 6) is -0.872. The maximum Gasteiger partial charge on any atom is 0.326 e. The van der Waals surface area contributed by atoms with Gasteiger partial charge >= 0.3 is 5.97 Å². The molecule has 6 heteroatoms. The van der Waals surface area contributed by atoms with Crippen molar-refractivity contribution in [3.63, 3.8) is 0 Å². The van der Waals surface area contributed by atoms with Crippen molar-refractivity contribution in [2.45, 2.75) is 31.7 Å². The average molecular weight is 285 g/mol. The van der Waals surface area contributed by atoms with Crippen LogP contribution in [0.15, 0.2) is 6.07 Å². The molecule has 0 aliphatic heterocycles. The van der Waals surface area contributed by atoms with E-state index in [9.17, 15) is 9.59 Å². The molecule has 1 aliphatic rings. The van der Waals surface area contributed by atoms with Gasteiger partial charge in [0, 0.05) is 4.88 Å². The van der Waals surface area contributed by atoms with Gasteiger partial charge in [-0.3, -0.25) is 4.79 Å². The maximum atomic E-state index is 12.0. The van der Waals surface area contributed by atoms with Crippen LogP contribution in [0.4, 0.5) is 0 Å². The predicted octanol–water partition coefficient (Wildman–Crippen LogP) is 1.74. The molecule has 2 N–H and O–H groups in total. The third kappa shape index (κ3) is 2.87. The highest BCUT2D eigenvalue weighted by Gasteiger charge is 2.23. The fourth-order valence-electron chi connectivity index (χ4n) is 2.06. The van der Waals surface area contributed by atoms with Crippen molar-refractivity contribution in [3.8, 4) is 0 Å². The van der Waals surface area contributed by atoms with Gasteiger partial charge in [0.1, 0.15) is 6.04 Å². The van der Waals surface area contributed by atoms with E-state index < -0.39 is 12.0 Å². The van der Waals surface area contributed by atoms with Crippen LogP contribution in [-0.2, 0) is 17.6 Å². The molecule has 1 atom stereocenters. The zero-order valence-corrected chi connectivity index (χ0v) is 11.5. The minimum atomic E-state index is -1.01. The van der Waals surface area contributed by atoms with Gasteiger partial charge in [0.25, 0.3) is 5.91 Å². The van der Waals surface area contributed by atoms with E-state index in [1.807, 2.05) is 6.07 Å². The molecule has 98 valence electrons. The number of aryl methyl sites for hydroxylation is 2. The average Bonchev–Trinajstić information content (AvgIpc) is 2.87. The number of carboxylic acids is 1. The minimum absolute atomic E-state index is 0.288. The van der Waals surface area contributed by atoms with E-state index in [2.05, 4.69) is 17.9 Å². The Morgan fingerprint density at radius 1 is 1.50 bits per heavy atom. The van der Waals surface area contributed by atoms with E-state index >= 15 is 0 Å². The number of thiophene rings is 1. The first-order chi connectivity index (χ1) is 8.61. The number of hydrogen-bond acceptors (Lipinski definition) is 4. The first-order valence-corrected chi connectivity index (χ1v) is 7.33. The molecule has 0 spiro atoms. The lowest BCUT2D eigenvalue weighted by Gasteiger charge is -2.12. The molecule has 4 nitrogen and oxygen atoms in total. The third-order valence-corrected chi connectivity index (χ3v) is 4.49. The molecule has 1 heterocycles. The van der Waals surface area contributed by atoms with Crippen LogP contribution in [0.25, 0.3) is 0 Å². The van der Waals surface area contributed by atoms with Crippen LogP contribution in [0.2, 0.25) is 0 Å². The summed E-state index contributed by atoms with van der Waals surface area (Å²) >= 11 is 5.47. The monoisotopic (exact) mass is 285 g/mol. The first-order valence-electron chi connectivity index (χ1n) is 5.88. The van der Waals surface area contributed by atoms with E-state index in [-0.39, 0.29) is 5.91 Å². The number of amides is 1. The Labute approximate surface area is 115 Å². The van der Waals surface area contributed by atoms with Crippen LogP contribution in [0, 0.1) is 0 Å². The summed E-state index contributed by atoms with van der Waals surface area (Å²) in [6.45, 7) is 0. The highest BCUT2D eigenvalue weighted by molar-refractivity contribution is 7.80. The van der Waals surface area contributed by atoms with Gasteiger partial charge in [-0.2, -0.15) is 12.6 Å². The number of fused-ring (bicyclic) bond motifs is 1. The van der Waals surface area contributed by atoms with Gasteiger partial charge in [-0.1, -0.05) is 0 Å². The number of rotatable bonds is 5. The van der Waals surface area contributed by atoms with E-state index in [0.29, 0.717) is 17.1 Å². The second-order valence-electron chi connectivity index (χ2n) is 4.29. The van der Waals surface area contributed by atoms with Crippen molar-refractivity contribution < 1.29 is 14.7 Å². The van der Waals surface area contributed by atoms with Gasteiger partial charge in [-0.05, 0) is 43.1 Å². The van der Waals surface area contributed by atoms with E-state index in [4.69, 9.17) is 5.11 Å². The van der Waals surface area contributed by atoms with E-state index in [0.717, 1.165) is 19.3 Å². The van der Waals surface area contributed by atoms with Crippen molar-refractivity contribution in [1.82, 2.24) is 5.32 Å². The summed E-state index contributed by atoms with van der Waals surface area (Å²) in [6, 6.07) is 1.04. The lowest BCUT2D eigenvalue weighted by Crippen LogP contribution is -2.40. The molecule has 0 saturated heterocycles. The summed E-state index contributed by atoms with van der Waals surface area (Å²) in [5.41, 5.74) is 1.24. The highest BCUT2D eigenvalue weighted by atomic mass is 32.1. The summed E-state index contributed by atoms with van der Waals surface area (Å²) in [4.78, 5) is 24.8. The standard InChI is InChI=1S/C12H15NO3S2/c14-11(13-8(4-5-17)12(15)16)10-6-7-2-1-3-9(7)18-10/h6,8,17H,1-5H2,(H,13,14)(H,15,16).